The normalized spacial score (nSPS) is 10.8. The van der Waals surface area contributed by atoms with Gasteiger partial charge in [-0.2, -0.15) is 0 Å². The number of hydrogen-bond acceptors (Lipinski definition) is 5. The number of rotatable bonds is 4. The molecule has 0 aliphatic carbocycles. The summed E-state index contributed by atoms with van der Waals surface area (Å²) in [4.78, 5) is 9.33. The molecular formula is C14H11Cl2N3OS. The highest BCUT2D eigenvalue weighted by molar-refractivity contribution is 7.22. The maximum Gasteiger partial charge on any atom is 0.138 e. The summed E-state index contributed by atoms with van der Waals surface area (Å²) >= 11 is 13.6. The molecule has 0 unspecified atom stereocenters. The van der Waals surface area contributed by atoms with E-state index in [1.165, 1.54) is 17.7 Å². The Labute approximate surface area is 135 Å². The summed E-state index contributed by atoms with van der Waals surface area (Å²) < 4.78 is 5.83. The Morgan fingerprint density at radius 1 is 1.24 bits per heavy atom. The molecule has 3 rings (SSSR count). The first-order valence-corrected chi connectivity index (χ1v) is 7.71. The summed E-state index contributed by atoms with van der Waals surface area (Å²) in [6, 6.07) is 7.53. The lowest BCUT2D eigenvalue weighted by molar-refractivity contribution is 0.415. The van der Waals surface area contributed by atoms with Gasteiger partial charge in [0.15, 0.2) is 0 Å². The van der Waals surface area contributed by atoms with Crippen molar-refractivity contribution in [3.05, 3.63) is 45.5 Å². The molecule has 0 radical (unpaired) electrons. The van der Waals surface area contributed by atoms with Crippen molar-refractivity contribution in [2.75, 3.05) is 12.4 Å². The van der Waals surface area contributed by atoms with Crippen LogP contribution in [0.15, 0.2) is 30.6 Å². The predicted octanol–water partition coefficient (Wildman–Crippen LogP) is 4.62. The fourth-order valence-electron chi connectivity index (χ4n) is 1.97. The van der Waals surface area contributed by atoms with Gasteiger partial charge in [-0.1, -0.05) is 29.3 Å². The van der Waals surface area contributed by atoms with E-state index < -0.39 is 0 Å². The van der Waals surface area contributed by atoms with Gasteiger partial charge in [0.05, 0.1) is 21.9 Å². The Balaban J connectivity index is 1.81. The predicted molar refractivity (Wildman–Crippen MR) is 87.8 cm³/mol. The van der Waals surface area contributed by atoms with Gasteiger partial charge < -0.3 is 10.1 Å². The summed E-state index contributed by atoms with van der Waals surface area (Å²) in [5.74, 6) is 1.42. The van der Waals surface area contributed by atoms with E-state index in [-0.39, 0.29) is 0 Å². The van der Waals surface area contributed by atoms with Crippen LogP contribution in [0, 0.1) is 0 Å². The van der Waals surface area contributed by atoms with Crippen molar-refractivity contribution >= 4 is 50.6 Å². The number of thiophene rings is 1. The number of nitrogens with one attached hydrogen (secondary N) is 1. The quantitative estimate of drug-likeness (QED) is 0.753. The van der Waals surface area contributed by atoms with Gasteiger partial charge in [0.2, 0.25) is 0 Å². The number of aromatic nitrogens is 2. The van der Waals surface area contributed by atoms with Crippen molar-refractivity contribution in [3.63, 3.8) is 0 Å². The van der Waals surface area contributed by atoms with Gasteiger partial charge in [-0.15, -0.1) is 11.3 Å². The SMILES string of the molecule is COc1ccc(CNc2ncnc3sc(Cl)cc23)cc1Cl. The molecule has 0 aliphatic heterocycles. The van der Waals surface area contributed by atoms with Crippen LogP contribution in [0.25, 0.3) is 10.2 Å². The van der Waals surface area contributed by atoms with Crippen molar-refractivity contribution in [3.8, 4) is 5.75 Å². The zero-order valence-electron chi connectivity index (χ0n) is 11.1. The average molecular weight is 340 g/mol. The molecule has 0 saturated carbocycles. The van der Waals surface area contributed by atoms with Crippen LogP contribution in [0.5, 0.6) is 5.75 Å². The Hall–Kier alpha value is -1.56. The average Bonchev–Trinajstić information content (AvgIpc) is 2.86. The molecule has 0 aliphatic rings. The lowest BCUT2D eigenvalue weighted by atomic mass is 10.2. The number of hydrogen-bond donors (Lipinski definition) is 1. The largest absolute Gasteiger partial charge is 0.495 e. The second-order valence-electron chi connectivity index (χ2n) is 4.31. The lowest BCUT2D eigenvalue weighted by Gasteiger charge is -2.08. The highest BCUT2D eigenvalue weighted by Gasteiger charge is 2.08. The maximum absolute atomic E-state index is 6.12. The van der Waals surface area contributed by atoms with E-state index in [1.54, 1.807) is 7.11 Å². The molecule has 1 aromatic carbocycles. The molecule has 7 heteroatoms. The Kier molecular flexibility index (Phi) is 4.14. The first-order valence-electron chi connectivity index (χ1n) is 6.13. The van der Waals surface area contributed by atoms with E-state index in [2.05, 4.69) is 15.3 Å². The molecule has 0 saturated heterocycles. The summed E-state index contributed by atoms with van der Waals surface area (Å²) in [7, 11) is 1.59. The van der Waals surface area contributed by atoms with Gasteiger partial charge in [-0.25, -0.2) is 9.97 Å². The second kappa shape index (κ2) is 6.05. The molecule has 2 aromatic heterocycles. The van der Waals surface area contributed by atoms with Crippen LogP contribution in [-0.4, -0.2) is 17.1 Å². The third-order valence-corrected chi connectivity index (χ3v) is 4.44. The van der Waals surface area contributed by atoms with E-state index in [0.29, 0.717) is 21.7 Å². The minimum atomic E-state index is 0.586. The molecule has 0 atom stereocenters. The van der Waals surface area contributed by atoms with Gasteiger partial charge in [0.25, 0.3) is 0 Å². The molecule has 3 aromatic rings. The first kappa shape index (κ1) is 14.4. The zero-order chi connectivity index (χ0) is 14.8. The van der Waals surface area contributed by atoms with Crippen LogP contribution in [0.4, 0.5) is 5.82 Å². The molecular weight excluding hydrogens is 329 g/mol. The minimum Gasteiger partial charge on any atom is -0.495 e. The molecule has 2 heterocycles. The van der Waals surface area contributed by atoms with Crippen LogP contribution in [0.2, 0.25) is 9.36 Å². The summed E-state index contributed by atoms with van der Waals surface area (Å²) in [6.45, 7) is 0.600. The number of ether oxygens (including phenoxy) is 1. The maximum atomic E-state index is 6.12. The summed E-state index contributed by atoms with van der Waals surface area (Å²) in [5, 5.41) is 4.79. The zero-order valence-corrected chi connectivity index (χ0v) is 13.4. The van der Waals surface area contributed by atoms with Gasteiger partial charge in [0, 0.05) is 6.54 Å². The Morgan fingerprint density at radius 2 is 2.10 bits per heavy atom. The molecule has 0 amide bonds. The smallest absolute Gasteiger partial charge is 0.138 e. The van der Waals surface area contributed by atoms with Crippen molar-refractivity contribution in [2.45, 2.75) is 6.54 Å². The first-order chi connectivity index (χ1) is 10.2. The third-order valence-electron chi connectivity index (χ3n) is 2.98. The molecule has 0 spiro atoms. The Morgan fingerprint density at radius 3 is 2.86 bits per heavy atom. The number of benzene rings is 1. The number of halogens is 2. The minimum absolute atomic E-state index is 0.586. The molecule has 21 heavy (non-hydrogen) atoms. The standard InChI is InChI=1S/C14H11Cl2N3OS/c1-20-11-3-2-8(4-10(11)15)6-17-13-9-5-12(16)21-14(9)19-7-18-13/h2-5,7H,6H2,1H3,(H,17,18,19). The lowest BCUT2D eigenvalue weighted by Crippen LogP contribution is -2.02. The molecule has 108 valence electrons. The van der Waals surface area contributed by atoms with Crippen LogP contribution < -0.4 is 10.1 Å². The van der Waals surface area contributed by atoms with E-state index in [9.17, 15) is 0 Å². The van der Waals surface area contributed by atoms with Crippen molar-refractivity contribution in [1.29, 1.82) is 0 Å². The highest BCUT2D eigenvalue weighted by atomic mass is 35.5. The van der Waals surface area contributed by atoms with Gasteiger partial charge in [-0.3, -0.25) is 0 Å². The van der Waals surface area contributed by atoms with Gasteiger partial charge in [0.1, 0.15) is 22.7 Å². The second-order valence-corrected chi connectivity index (χ2v) is 6.38. The van der Waals surface area contributed by atoms with Crippen molar-refractivity contribution < 1.29 is 4.74 Å². The van der Waals surface area contributed by atoms with Crippen LogP contribution >= 0.6 is 34.5 Å². The number of fused-ring (bicyclic) bond motifs is 1. The highest BCUT2D eigenvalue weighted by Crippen LogP contribution is 2.31. The van der Waals surface area contributed by atoms with Crippen molar-refractivity contribution in [2.24, 2.45) is 0 Å². The summed E-state index contributed by atoms with van der Waals surface area (Å²) in [5.41, 5.74) is 1.04. The van der Waals surface area contributed by atoms with E-state index >= 15 is 0 Å². The van der Waals surface area contributed by atoms with Gasteiger partial charge in [-0.05, 0) is 23.8 Å². The van der Waals surface area contributed by atoms with Crippen LogP contribution in [0.3, 0.4) is 0 Å². The van der Waals surface area contributed by atoms with Crippen LogP contribution in [0.1, 0.15) is 5.56 Å². The fourth-order valence-corrected chi connectivity index (χ4v) is 3.31. The van der Waals surface area contributed by atoms with E-state index in [4.69, 9.17) is 27.9 Å². The number of nitrogens with zero attached hydrogens (tertiary/aromatic N) is 2. The fraction of sp³-hybridized carbons (Fsp3) is 0.143. The number of methoxy groups -OCH3 is 1. The molecule has 1 N–H and O–H groups in total. The molecule has 4 nitrogen and oxygen atoms in total. The van der Waals surface area contributed by atoms with Crippen molar-refractivity contribution in [1.82, 2.24) is 9.97 Å². The van der Waals surface area contributed by atoms with E-state index in [0.717, 1.165) is 21.6 Å². The Bertz CT molecular complexity index is 791. The monoisotopic (exact) mass is 339 g/mol. The molecule has 0 bridgehead atoms. The molecule has 0 fully saturated rings. The topological polar surface area (TPSA) is 47.0 Å². The van der Waals surface area contributed by atoms with E-state index in [1.807, 2.05) is 24.3 Å². The summed E-state index contributed by atoms with van der Waals surface area (Å²) in [6.07, 6.45) is 1.53. The van der Waals surface area contributed by atoms with Crippen LogP contribution in [-0.2, 0) is 6.54 Å². The van der Waals surface area contributed by atoms with Gasteiger partial charge >= 0.3 is 0 Å². The third kappa shape index (κ3) is 3.05. The number of anilines is 1.